The molecule has 6 saturated heterocycles. The van der Waals surface area contributed by atoms with Crippen molar-refractivity contribution >= 4 is 63.7 Å². The summed E-state index contributed by atoms with van der Waals surface area (Å²) in [5.74, 6) is 0.321. The molecule has 9 heterocycles. The highest BCUT2D eigenvalue weighted by Crippen LogP contribution is 2.56. The highest BCUT2D eigenvalue weighted by molar-refractivity contribution is 6.11. The molecule has 21 heteroatoms. The molecule has 2 bridgehead atoms. The van der Waals surface area contributed by atoms with Crippen LogP contribution in [0.4, 0.5) is 47.3 Å². The number of nitrogens with one attached hydrogen (secondary N) is 1. The van der Waals surface area contributed by atoms with Crippen molar-refractivity contribution in [3.63, 3.8) is 0 Å². The molecular weight excluding hydrogens is 1050 g/mol. The topological polar surface area (TPSA) is 190 Å². The van der Waals surface area contributed by atoms with Gasteiger partial charge in [-0.1, -0.05) is 12.1 Å². The fourth-order valence-electron chi connectivity index (χ4n) is 13.9. The number of hydrogen-bond acceptors (Lipinski definition) is 16. The summed E-state index contributed by atoms with van der Waals surface area (Å²) in [5.41, 5.74) is 4.38. The molecule has 7 fully saturated rings. The Labute approximate surface area is 478 Å². The second-order valence-electron chi connectivity index (χ2n) is 25.7. The lowest BCUT2D eigenvalue weighted by atomic mass is 9.60. The number of para-hydroxylation sites is 1. The molecule has 12 rings (SSSR count). The predicted molar refractivity (Wildman–Crippen MR) is 308 cm³/mol. The number of pyridine rings is 1. The number of imide groups is 2. The Hall–Kier alpha value is -7.10. The monoisotopic (exact) mass is 1130 g/mol. The van der Waals surface area contributed by atoms with Crippen LogP contribution in [0.15, 0.2) is 67.0 Å². The summed E-state index contributed by atoms with van der Waals surface area (Å²) in [6.07, 6.45) is 9.82. The molecule has 5 amide bonds. The third-order valence-electron chi connectivity index (χ3n) is 17.6. The predicted octanol–water partition coefficient (Wildman–Crippen LogP) is 9.62. The van der Waals surface area contributed by atoms with Gasteiger partial charge in [-0.15, -0.1) is 10.2 Å². The van der Waals surface area contributed by atoms with Crippen molar-refractivity contribution in [2.45, 2.75) is 141 Å². The van der Waals surface area contributed by atoms with Crippen molar-refractivity contribution in [2.75, 3.05) is 90.8 Å². The van der Waals surface area contributed by atoms with Gasteiger partial charge in [-0.05, 0) is 160 Å². The van der Waals surface area contributed by atoms with E-state index in [9.17, 15) is 19.2 Å². The van der Waals surface area contributed by atoms with Crippen molar-refractivity contribution in [2.24, 2.45) is 11.3 Å². The van der Waals surface area contributed by atoms with Gasteiger partial charge in [0, 0.05) is 99.7 Å². The van der Waals surface area contributed by atoms with Crippen LogP contribution in [0.3, 0.4) is 0 Å². The van der Waals surface area contributed by atoms with Crippen LogP contribution >= 0.6 is 0 Å². The van der Waals surface area contributed by atoms with E-state index in [0.29, 0.717) is 77.6 Å². The van der Waals surface area contributed by atoms with Crippen molar-refractivity contribution in [1.82, 2.24) is 30.0 Å². The quantitative estimate of drug-likeness (QED) is 0.116. The Morgan fingerprint density at radius 1 is 0.841 bits per heavy atom. The van der Waals surface area contributed by atoms with E-state index in [1.165, 1.54) is 0 Å². The smallest absolute Gasteiger partial charge is 0.425 e. The molecule has 5 atom stereocenters. The number of rotatable bonds is 12. The van der Waals surface area contributed by atoms with Crippen LogP contribution in [-0.4, -0.2) is 151 Å². The van der Waals surface area contributed by atoms with Crippen molar-refractivity contribution < 1.29 is 47.3 Å². The lowest BCUT2D eigenvalue weighted by molar-refractivity contribution is -0.120. The van der Waals surface area contributed by atoms with Crippen LogP contribution in [0.1, 0.15) is 105 Å². The molecule has 1 aliphatic carbocycles. The fourth-order valence-corrected chi connectivity index (χ4v) is 13.9. The van der Waals surface area contributed by atoms with E-state index in [2.05, 4.69) is 52.8 Å². The number of nitrogens with zero attached hydrogens (tertiary/aromatic N) is 10. The zero-order valence-electron chi connectivity index (χ0n) is 48.4. The van der Waals surface area contributed by atoms with E-state index in [1.807, 2.05) is 48.5 Å². The van der Waals surface area contributed by atoms with Crippen molar-refractivity contribution in [1.29, 1.82) is 0 Å². The van der Waals surface area contributed by atoms with E-state index in [4.69, 9.17) is 28.7 Å². The Morgan fingerprint density at radius 3 is 2.23 bits per heavy atom. The van der Waals surface area contributed by atoms with Gasteiger partial charge in [0.2, 0.25) is 5.91 Å². The lowest BCUT2D eigenvalue weighted by Crippen LogP contribution is -2.54. The number of carbonyl (C=O) groups excluding carboxylic acids is 4. The number of likely N-dealkylation sites (tertiary alicyclic amines) is 1. The van der Waals surface area contributed by atoms with Crippen molar-refractivity contribution in [3.8, 4) is 17.0 Å². The Morgan fingerprint density at radius 2 is 1.55 bits per heavy atom. The summed E-state index contributed by atoms with van der Waals surface area (Å²) < 4.78 is 48.0. The fraction of sp³-hybridized carbons (Fsp3) is 0.557. The minimum Gasteiger partial charge on any atom is -0.467 e. The minimum absolute atomic E-state index is 0.0107. The summed E-state index contributed by atoms with van der Waals surface area (Å²) in [6.45, 7) is 18.2. The molecule has 6 aliphatic heterocycles. The molecule has 7 aliphatic rings. The van der Waals surface area contributed by atoms with Gasteiger partial charge in [-0.3, -0.25) is 15.0 Å². The number of methoxy groups -OCH3 is 1. The lowest BCUT2D eigenvalue weighted by Gasteiger charge is -2.53. The SMILES string of the molecule is COCOc1ccccc1-c1cc(N2CC3CCC(C2)N3c2ccc(F)c(N3CC4CC(CN5CCC6(CC5)CC(n5cc(C)c7cc(N8CCC(=O)NC8=O)cnc75)C6)OC4C3)c2)c(N(C(=O)OC(C)(C)C)C(=O)OC(C)(C)C)nn1. The van der Waals surface area contributed by atoms with Crippen LogP contribution in [0.25, 0.3) is 22.3 Å². The number of piperazine rings is 1. The Bertz CT molecular complexity index is 3220. The first-order valence-corrected chi connectivity index (χ1v) is 29.1. The largest absolute Gasteiger partial charge is 0.467 e. The molecule has 2 aromatic carbocycles. The second-order valence-corrected chi connectivity index (χ2v) is 25.7. The first-order chi connectivity index (χ1) is 39.2. The summed E-state index contributed by atoms with van der Waals surface area (Å²) in [5, 5.41) is 12.7. The summed E-state index contributed by atoms with van der Waals surface area (Å²) in [4.78, 5) is 69.1. The summed E-state index contributed by atoms with van der Waals surface area (Å²) in [7, 11) is 1.55. The maximum atomic E-state index is 16.1. The van der Waals surface area contributed by atoms with Gasteiger partial charge in [0.15, 0.2) is 12.6 Å². The van der Waals surface area contributed by atoms with E-state index in [-0.39, 0.29) is 55.0 Å². The van der Waals surface area contributed by atoms with Crippen LogP contribution in [0.2, 0.25) is 0 Å². The zero-order chi connectivity index (χ0) is 57.4. The van der Waals surface area contributed by atoms with E-state index < -0.39 is 29.4 Å². The molecule has 1 spiro atoms. The molecular formula is C61H76FN11O9. The third-order valence-corrected chi connectivity index (χ3v) is 17.6. The van der Waals surface area contributed by atoms with Crippen LogP contribution in [0, 0.1) is 24.1 Å². The number of halogens is 1. The van der Waals surface area contributed by atoms with Crippen LogP contribution < -0.4 is 34.6 Å². The average Bonchev–Trinajstić information content (AvgIpc) is 2.55. The molecule has 1 saturated carbocycles. The standard InChI is InChI=1S/C61H76FN11O9/c1-37-30-71(54-46(37)24-42(29-63-54)70-20-17-53(74)64-56(70)75)43-27-61(28-43)18-21-67(22-19-61)34-44-23-38-31-68(35-52(38)80-44)49-25-39(15-16-47(49)62)72-40-13-14-41(72)33-69(32-40)50-26-48(45-11-9-10-12-51(45)79-36-78-8)65-66-55(50)73(57(76)81-59(2,3)4)58(77)82-60(5,6)7/h9-12,15-16,24-26,29-30,38,40-41,43-44,52H,13-14,17-23,27-28,31-36H2,1-8H3,(H,64,74,75). The van der Waals surface area contributed by atoms with Gasteiger partial charge in [-0.2, -0.15) is 4.90 Å². The highest BCUT2D eigenvalue weighted by Gasteiger charge is 2.49. The Balaban J connectivity index is 0.688. The number of benzene rings is 2. The molecule has 3 aromatic heterocycles. The second kappa shape index (κ2) is 21.6. The molecule has 0 radical (unpaired) electrons. The van der Waals surface area contributed by atoms with Crippen LogP contribution in [0.5, 0.6) is 5.75 Å². The van der Waals surface area contributed by atoms with Gasteiger partial charge in [0.05, 0.1) is 41.2 Å². The van der Waals surface area contributed by atoms with E-state index in [1.54, 1.807) is 65.8 Å². The van der Waals surface area contributed by atoms with Gasteiger partial charge < -0.3 is 47.9 Å². The number of piperidine rings is 1. The highest BCUT2D eigenvalue weighted by atomic mass is 19.1. The van der Waals surface area contributed by atoms with E-state index >= 15 is 4.39 Å². The first-order valence-electron chi connectivity index (χ1n) is 29.1. The summed E-state index contributed by atoms with van der Waals surface area (Å²) in [6, 6.07) is 16.8. The molecule has 5 aromatic rings. The van der Waals surface area contributed by atoms with Crippen molar-refractivity contribution in [3.05, 3.63) is 78.4 Å². The number of anilines is 5. The number of aryl methyl sites for hydroxylation is 1. The van der Waals surface area contributed by atoms with E-state index in [0.717, 1.165) is 98.3 Å². The average molecular weight is 1130 g/mol. The van der Waals surface area contributed by atoms with Crippen LogP contribution in [-0.2, 0) is 23.7 Å². The third kappa shape index (κ3) is 11.0. The number of ether oxygens (including phenoxy) is 5. The minimum atomic E-state index is -0.942. The zero-order valence-corrected chi connectivity index (χ0v) is 48.4. The number of urea groups is 1. The molecule has 1 N–H and O–H groups in total. The van der Waals surface area contributed by atoms with Gasteiger partial charge in [-0.25, -0.2) is 23.8 Å². The Kier molecular flexibility index (Phi) is 14.6. The van der Waals surface area contributed by atoms with Gasteiger partial charge >= 0.3 is 18.2 Å². The molecule has 5 unspecified atom stereocenters. The normalized spacial score (nSPS) is 23.8. The molecule has 20 nitrogen and oxygen atoms in total. The number of aromatic nitrogens is 4. The molecule has 436 valence electrons. The van der Waals surface area contributed by atoms with Gasteiger partial charge in [0.1, 0.15) is 28.4 Å². The number of carbonyl (C=O) groups is 4. The number of hydrogen-bond donors (Lipinski definition) is 1. The maximum absolute atomic E-state index is 16.1. The molecule has 82 heavy (non-hydrogen) atoms. The maximum Gasteiger partial charge on any atom is 0.425 e. The number of fused-ring (bicyclic) bond motifs is 4. The first kappa shape index (κ1) is 55.4. The summed E-state index contributed by atoms with van der Waals surface area (Å²) >= 11 is 0. The number of amides is 5. The van der Waals surface area contributed by atoms with Gasteiger partial charge in [0.25, 0.3) is 0 Å².